The Morgan fingerprint density at radius 2 is 2.08 bits per heavy atom. The zero-order chi connectivity index (χ0) is 16.9. The molecule has 2 heterocycles. The van der Waals surface area contributed by atoms with Gasteiger partial charge < -0.3 is 15.3 Å². The first kappa shape index (κ1) is 17.5. The molecule has 1 saturated carbocycles. The van der Waals surface area contributed by atoms with Crippen molar-refractivity contribution < 1.29 is 9.90 Å². The monoisotopic (exact) mass is 351 g/mol. The Kier molecular flexibility index (Phi) is 5.95. The number of aromatic carboxylic acids is 1. The van der Waals surface area contributed by atoms with Gasteiger partial charge in [0.05, 0.1) is 10.6 Å². The second kappa shape index (κ2) is 8.17. The third-order valence-corrected chi connectivity index (χ3v) is 5.46. The summed E-state index contributed by atoms with van der Waals surface area (Å²) in [6, 6.07) is 1.78. The first-order valence-corrected chi connectivity index (χ1v) is 9.37. The number of carboxylic acids is 1. The summed E-state index contributed by atoms with van der Waals surface area (Å²) in [5.74, 6) is 0.438. The SMILES string of the molecule is O=C(O)c1cnc(N[C@@H]2CCCN(CC3CCCCC3)C2)c(Cl)c1. The number of carboxylic acid groups (broad SMARTS) is 1. The smallest absolute Gasteiger partial charge is 0.337 e. The number of likely N-dealkylation sites (tertiary alicyclic amines) is 1. The highest BCUT2D eigenvalue weighted by Gasteiger charge is 2.24. The van der Waals surface area contributed by atoms with Crippen molar-refractivity contribution in [2.24, 2.45) is 5.92 Å². The molecule has 1 aliphatic heterocycles. The number of hydrogen-bond acceptors (Lipinski definition) is 4. The molecule has 132 valence electrons. The van der Waals surface area contributed by atoms with Gasteiger partial charge in [-0.3, -0.25) is 0 Å². The number of nitrogens with zero attached hydrogens (tertiary/aromatic N) is 2. The Bertz CT molecular complexity index is 575. The molecule has 0 aromatic carbocycles. The number of piperidine rings is 1. The molecule has 1 aliphatic carbocycles. The van der Waals surface area contributed by atoms with Gasteiger partial charge in [-0.2, -0.15) is 0 Å². The standard InChI is InChI=1S/C18H26ClN3O2/c19-16-9-14(18(23)24)10-20-17(16)21-15-7-4-8-22(12-15)11-13-5-2-1-3-6-13/h9-10,13,15H,1-8,11-12H2,(H,20,21)(H,23,24)/t15-/m1/s1. The van der Waals surface area contributed by atoms with Crippen LogP contribution in [0, 0.1) is 5.92 Å². The third-order valence-electron chi connectivity index (χ3n) is 5.18. The van der Waals surface area contributed by atoms with Crippen LogP contribution < -0.4 is 5.32 Å². The molecule has 0 unspecified atom stereocenters. The normalized spacial score (nSPS) is 23.1. The molecule has 2 fully saturated rings. The third kappa shape index (κ3) is 4.61. The number of halogens is 1. The van der Waals surface area contributed by atoms with Gasteiger partial charge in [-0.05, 0) is 44.2 Å². The van der Waals surface area contributed by atoms with Gasteiger partial charge in [-0.15, -0.1) is 0 Å². The van der Waals surface area contributed by atoms with E-state index in [1.54, 1.807) is 0 Å². The summed E-state index contributed by atoms with van der Waals surface area (Å²) in [5.41, 5.74) is 0.119. The first-order valence-electron chi connectivity index (χ1n) is 8.99. The largest absolute Gasteiger partial charge is 0.478 e. The Morgan fingerprint density at radius 1 is 1.29 bits per heavy atom. The molecule has 1 aromatic rings. The summed E-state index contributed by atoms with van der Waals surface area (Å²) in [6.45, 7) is 3.39. The van der Waals surface area contributed by atoms with Crippen LogP contribution in [0.4, 0.5) is 5.82 Å². The summed E-state index contributed by atoms with van der Waals surface area (Å²) in [7, 11) is 0. The summed E-state index contributed by atoms with van der Waals surface area (Å²) >= 11 is 6.18. The van der Waals surface area contributed by atoms with E-state index in [9.17, 15) is 4.79 Å². The molecule has 1 saturated heterocycles. The fraction of sp³-hybridized carbons (Fsp3) is 0.667. The number of pyridine rings is 1. The second-order valence-corrected chi connectivity index (χ2v) is 7.51. The van der Waals surface area contributed by atoms with Gasteiger partial charge in [0.15, 0.2) is 0 Å². The molecule has 0 amide bonds. The molecule has 1 aromatic heterocycles. The minimum absolute atomic E-state index is 0.119. The van der Waals surface area contributed by atoms with Crippen LogP contribution in [0.25, 0.3) is 0 Å². The predicted molar refractivity (Wildman–Crippen MR) is 95.9 cm³/mol. The fourth-order valence-electron chi connectivity index (χ4n) is 3.93. The molecule has 2 N–H and O–H groups in total. The first-order chi connectivity index (χ1) is 11.6. The molecule has 6 heteroatoms. The maximum Gasteiger partial charge on any atom is 0.337 e. The average Bonchev–Trinajstić information content (AvgIpc) is 2.58. The van der Waals surface area contributed by atoms with Gasteiger partial charge >= 0.3 is 5.97 Å². The van der Waals surface area contributed by atoms with Crippen LogP contribution in [0.2, 0.25) is 5.02 Å². The van der Waals surface area contributed by atoms with Crippen LogP contribution >= 0.6 is 11.6 Å². The van der Waals surface area contributed by atoms with E-state index in [0.717, 1.165) is 18.9 Å². The number of anilines is 1. The van der Waals surface area contributed by atoms with Crippen LogP contribution in [-0.4, -0.2) is 46.6 Å². The predicted octanol–water partition coefficient (Wildman–Crippen LogP) is 3.89. The minimum atomic E-state index is -1.01. The molecule has 1 atom stereocenters. The van der Waals surface area contributed by atoms with Gasteiger partial charge in [-0.25, -0.2) is 9.78 Å². The second-order valence-electron chi connectivity index (χ2n) is 7.11. The van der Waals surface area contributed by atoms with Crippen molar-refractivity contribution in [2.45, 2.75) is 51.0 Å². The molecule has 24 heavy (non-hydrogen) atoms. The van der Waals surface area contributed by atoms with E-state index in [1.807, 2.05) is 0 Å². The maximum atomic E-state index is 11.0. The molecule has 5 nitrogen and oxygen atoms in total. The van der Waals surface area contributed by atoms with Gasteiger partial charge in [0.1, 0.15) is 5.82 Å². The van der Waals surface area contributed by atoms with Gasteiger partial charge in [0.25, 0.3) is 0 Å². The van der Waals surface area contributed by atoms with Crippen molar-refractivity contribution in [3.05, 3.63) is 22.8 Å². The zero-order valence-electron chi connectivity index (χ0n) is 14.0. The van der Waals surface area contributed by atoms with Crippen LogP contribution in [0.5, 0.6) is 0 Å². The Morgan fingerprint density at radius 3 is 2.79 bits per heavy atom. The minimum Gasteiger partial charge on any atom is -0.478 e. The molecular formula is C18H26ClN3O2. The van der Waals surface area contributed by atoms with Crippen LogP contribution in [0.3, 0.4) is 0 Å². The Balaban J connectivity index is 1.56. The van der Waals surface area contributed by atoms with Crippen LogP contribution in [-0.2, 0) is 0 Å². The lowest BCUT2D eigenvalue weighted by Gasteiger charge is -2.36. The summed E-state index contributed by atoms with van der Waals surface area (Å²) in [6.07, 6.45) is 10.5. The lowest BCUT2D eigenvalue weighted by molar-refractivity contribution is 0.0696. The van der Waals surface area contributed by atoms with Gasteiger partial charge in [-0.1, -0.05) is 30.9 Å². The number of nitrogens with one attached hydrogen (secondary N) is 1. The molecule has 0 radical (unpaired) electrons. The van der Waals surface area contributed by atoms with E-state index < -0.39 is 5.97 Å². The zero-order valence-corrected chi connectivity index (χ0v) is 14.8. The van der Waals surface area contributed by atoms with Crippen LogP contribution in [0.15, 0.2) is 12.3 Å². The average molecular weight is 352 g/mol. The molecule has 0 bridgehead atoms. The lowest BCUT2D eigenvalue weighted by Crippen LogP contribution is -2.44. The van der Waals surface area contributed by atoms with Crippen molar-refractivity contribution in [3.8, 4) is 0 Å². The highest BCUT2D eigenvalue weighted by atomic mass is 35.5. The number of carbonyl (C=O) groups is 1. The molecular weight excluding hydrogens is 326 g/mol. The number of hydrogen-bond donors (Lipinski definition) is 2. The molecule has 0 spiro atoms. The molecule has 3 rings (SSSR count). The van der Waals surface area contributed by atoms with Crippen molar-refractivity contribution in [3.63, 3.8) is 0 Å². The fourth-order valence-corrected chi connectivity index (χ4v) is 4.15. The number of rotatable bonds is 5. The number of aromatic nitrogens is 1. The van der Waals surface area contributed by atoms with Crippen molar-refractivity contribution >= 4 is 23.4 Å². The lowest BCUT2D eigenvalue weighted by atomic mass is 9.88. The van der Waals surface area contributed by atoms with Crippen molar-refractivity contribution in [1.29, 1.82) is 0 Å². The summed E-state index contributed by atoms with van der Waals surface area (Å²) in [4.78, 5) is 17.7. The van der Waals surface area contributed by atoms with Crippen molar-refractivity contribution in [2.75, 3.05) is 25.0 Å². The molecule has 2 aliphatic rings. The van der Waals surface area contributed by atoms with Gasteiger partial charge in [0.2, 0.25) is 0 Å². The maximum absolute atomic E-state index is 11.0. The van der Waals surface area contributed by atoms with Gasteiger partial charge in [0, 0.05) is 25.3 Å². The van der Waals surface area contributed by atoms with E-state index in [-0.39, 0.29) is 5.56 Å². The highest BCUT2D eigenvalue weighted by molar-refractivity contribution is 6.33. The van der Waals surface area contributed by atoms with Crippen molar-refractivity contribution in [1.82, 2.24) is 9.88 Å². The highest BCUT2D eigenvalue weighted by Crippen LogP contribution is 2.27. The van der Waals surface area contributed by atoms with E-state index in [2.05, 4.69) is 15.2 Å². The van der Waals surface area contributed by atoms with Crippen LogP contribution in [0.1, 0.15) is 55.3 Å². The van der Waals surface area contributed by atoms with E-state index in [0.29, 0.717) is 16.9 Å². The summed E-state index contributed by atoms with van der Waals surface area (Å²) < 4.78 is 0. The topological polar surface area (TPSA) is 65.5 Å². The van der Waals surface area contributed by atoms with E-state index >= 15 is 0 Å². The van der Waals surface area contributed by atoms with E-state index in [4.69, 9.17) is 16.7 Å². The Hall–Kier alpha value is -1.33. The quantitative estimate of drug-likeness (QED) is 0.842. The summed E-state index contributed by atoms with van der Waals surface area (Å²) in [5, 5.41) is 12.8. The Labute approximate surface area is 148 Å². The van der Waals surface area contributed by atoms with E-state index in [1.165, 1.54) is 63.9 Å².